The number of para-hydroxylation sites is 1. The van der Waals surface area contributed by atoms with Crippen LogP contribution >= 0.6 is 12.4 Å². The van der Waals surface area contributed by atoms with Gasteiger partial charge in [-0.05, 0) is 12.5 Å². The van der Waals surface area contributed by atoms with Gasteiger partial charge in [0, 0.05) is 18.2 Å². The molecule has 2 heterocycles. The Hall–Kier alpha value is -0.770. The Kier molecular flexibility index (Phi) is 3.69. The summed E-state index contributed by atoms with van der Waals surface area (Å²) in [5, 5.41) is 3.50. The van der Waals surface area contributed by atoms with E-state index >= 15 is 0 Å². The van der Waals surface area contributed by atoms with Crippen LogP contribution in [0.5, 0.6) is 5.75 Å². The maximum atomic E-state index is 5.85. The first-order valence-electron chi connectivity index (χ1n) is 5.52. The Morgan fingerprint density at radius 1 is 1.19 bits per heavy atom. The molecular formula is C12H16ClNO2. The van der Waals surface area contributed by atoms with E-state index in [1.165, 1.54) is 5.56 Å². The second-order valence-corrected chi connectivity index (χ2v) is 4.03. The minimum absolute atomic E-state index is 0. The van der Waals surface area contributed by atoms with Crippen LogP contribution in [0.2, 0.25) is 0 Å². The van der Waals surface area contributed by atoms with E-state index in [4.69, 9.17) is 9.47 Å². The molecule has 1 saturated heterocycles. The molecule has 2 atom stereocenters. The minimum atomic E-state index is 0. The first-order valence-corrected chi connectivity index (χ1v) is 5.52. The molecule has 0 saturated carbocycles. The third kappa shape index (κ3) is 2.03. The van der Waals surface area contributed by atoms with E-state index in [0.29, 0.717) is 6.04 Å². The molecule has 1 aromatic rings. The van der Waals surface area contributed by atoms with Crippen LogP contribution in [0.3, 0.4) is 0 Å². The highest BCUT2D eigenvalue weighted by atomic mass is 35.5. The van der Waals surface area contributed by atoms with Gasteiger partial charge in [0.05, 0.1) is 13.2 Å². The smallest absolute Gasteiger partial charge is 0.125 e. The van der Waals surface area contributed by atoms with E-state index in [1.54, 1.807) is 0 Å². The molecule has 1 fully saturated rings. The van der Waals surface area contributed by atoms with Crippen LogP contribution in [0.15, 0.2) is 24.3 Å². The predicted octanol–water partition coefficient (Wildman–Crippen LogP) is 1.92. The van der Waals surface area contributed by atoms with Crippen molar-refractivity contribution in [1.29, 1.82) is 0 Å². The zero-order valence-corrected chi connectivity index (χ0v) is 9.83. The highest BCUT2D eigenvalue weighted by Crippen LogP contribution is 2.34. The van der Waals surface area contributed by atoms with Crippen molar-refractivity contribution in [3.63, 3.8) is 0 Å². The molecule has 3 rings (SSSR count). The lowest BCUT2D eigenvalue weighted by atomic mass is 9.99. The lowest BCUT2D eigenvalue weighted by Gasteiger charge is -2.31. The van der Waals surface area contributed by atoms with Crippen LogP contribution in [0, 0.1) is 0 Å². The number of benzene rings is 1. The van der Waals surface area contributed by atoms with Gasteiger partial charge in [0.1, 0.15) is 11.9 Å². The van der Waals surface area contributed by atoms with Gasteiger partial charge in [-0.25, -0.2) is 0 Å². The van der Waals surface area contributed by atoms with E-state index in [1.807, 2.05) is 18.2 Å². The van der Waals surface area contributed by atoms with Crippen molar-refractivity contribution >= 4 is 12.4 Å². The fourth-order valence-corrected chi connectivity index (χ4v) is 2.36. The Labute approximate surface area is 102 Å². The number of nitrogens with one attached hydrogen (secondary N) is 1. The van der Waals surface area contributed by atoms with Crippen LogP contribution in [0.25, 0.3) is 0 Å². The molecule has 0 bridgehead atoms. The Bertz CT molecular complexity index is 359. The van der Waals surface area contributed by atoms with E-state index in [-0.39, 0.29) is 18.5 Å². The number of fused-ring (bicyclic) bond motifs is 3. The lowest BCUT2D eigenvalue weighted by Crippen LogP contribution is -2.43. The lowest BCUT2D eigenvalue weighted by molar-refractivity contribution is -0.00584. The van der Waals surface area contributed by atoms with E-state index < -0.39 is 0 Å². The van der Waals surface area contributed by atoms with Crippen molar-refractivity contribution in [3.05, 3.63) is 29.8 Å². The molecule has 1 N–H and O–H groups in total. The van der Waals surface area contributed by atoms with Gasteiger partial charge in [0.25, 0.3) is 0 Å². The van der Waals surface area contributed by atoms with Crippen molar-refractivity contribution in [2.24, 2.45) is 0 Å². The summed E-state index contributed by atoms with van der Waals surface area (Å²) in [6, 6.07) is 8.58. The number of morpholine rings is 1. The molecule has 0 unspecified atom stereocenters. The first-order chi connectivity index (χ1) is 7.45. The molecule has 0 amide bonds. The molecule has 0 spiro atoms. The summed E-state index contributed by atoms with van der Waals surface area (Å²) in [6.45, 7) is 2.51. The van der Waals surface area contributed by atoms with Crippen molar-refractivity contribution < 1.29 is 9.47 Å². The largest absolute Gasteiger partial charge is 0.493 e. The molecule has 2 aliphatic rings. The summed E-state index contributed by atoms with van der Waals surface area (Å²) in [7, 11) is 0. The number of halogens is 1. The second-order valence-electron chi connectivity index (χ2n) is 4.03. The van der Waals surface area contributed by atoms with E-state index in [2.05, 4.69) is 11.4 Å². The standard InChI is InChI=1S/C12H15NO2.ClH/c1-2-4-11-9(3-1)12-10(5-7-14-11)13-6-8-15-12;/h1-4,10,12-13H,5-8H2;1H/t10-,12-;/m1./s1. The Morgan fingerprint density at radius 2 is 2.06 bits per heavy atom. The number of hydrogen-bond donors (Lipinski definition) is 1. The fourth-order valence-electron chi connectivity index (χ4n) is 2.36. The molecular weight excluding hydrogens is 226 g/mol. The summed E-state index contributed by atoms with van der Waals surface area (Å²) in [6.07, 6.45) is 1.18. The van der Waals surface area contributed by atoms with Gasteiger partial charge in [0.15, 0.2) is 0 Å². The summed E-state index contributed by atoms with van der Waals surface area (Å²) < 4.78 is 11.6. The van der Waals surface area contributed by atoms with Gasteiger partial charge in [-0.1, -0.05) is 18.2 Å². The normalized spacial score (nSPS) is 27.8. The van der Waals surface area contributed by atoms with Gasteiger partial charge in [-0.3, -0.25) is 0 Å². The Morgan fingerprint density at radius 3 is 3.00 bits per heavy atom. The third-order valence-electron chi connectivity index (χ3n) is 3.08. The molecule has 1 aromatic carbocycles. The number of ether oxygens (including phenoxy) is 2. The maximum Gasteiger partial charge on any atom is 0.125 e. The van der Waals surface area contributed by atoms with Crippen LogP contribution in [-0.4, -0.2) is 25.8 Å². The molecule has 2 aliphatic heterocycles. The molecule has 88 valence electrons. The SMILES string of the molecule is Cl.c1ccc2c(c1)OCC[C@H]1NCCO[C@H]21. The highest BCUT2D eigenvalue weighted by molar-refractivity contribution is 5.85. The van der Waals surface area contributed by atoms with Crippen molar-refractivity contribution in [3.8, 4) is 5.75 Å². The zero-order chi connectivity index (χ0) is 10.1. The second kappa shape index (κ2) is 5.04. The van der Waals surface area contributed by atoms with Crippen LogP contribution in [-0.2, 0) is 4.74 Å². The Balaban J connectivity index is 0.000000963. The maximum absolute atomic E-state index is 5.85. The van der Waals surface area contributed by atoms with Crippen LogP contribution < -0.4 is 10.1 Å². The molecule has 4 heteroatoms. The van der Waals surface area contributed by atoms with Gasteiger partial charge in [-0.2, -0.15) is 0 Å². The highest BCUT2D eigenvalue weighted by Gasteiger charge is 2.31. The van der Waals surface area contributed by atoms with Crippen molar-refractivity contribution in [1.82, 2.24) is 5.32 Å². The average Bonchev–Trinajstić information content (AvgIpc) is 2.48. The monoisotopic (exact) mass is 241 g/mol. The van der Waals surface area contributed by atoms with Crippen LogP contribution in [0.1, 0.15) is 18.1 Å². The minimum Gasteiger partial charge on any atom is -0.493 e. The van der Waals surface area contributed by atoms with Crippen molar-refractivity contribution in [2.45, 2.75) is 18.6 Å². The van der Waals surface area contributed by atoms with Gasteiger partial charge in [-0.15, -0.1) is 12.4 Å². The molecule has 0 aromatic heterocycles. The topological polar surface area (TPSA) is 30.5 Å². The predicted molar refractivity (Wildman–Crippen MR) is 64.3 cm³/mol. The number of hydrogen-bond acceptors (Lipinski definition) is 3. The molecule has 0 aliphatic carbocycles. The van der Waals surface area contributed by atoms with Gasteiger partial charge >= 0.3 is 0 Å². The third-order valence-corrected chi connectivity index (χ3v) is 3.08. The van der Waals surface area contributed by atoms with E-state index in [9.17, 15) is 0 Å². The fraction of sp³-hybridized carbons (Fsp3) is 0.500. The van der Waals surface area contributed by atoms with Crippen molar-refractivity contribution in [2.75, 3.05) is 19.8 Å². The molecule has 0 radical (unpaired) electrons. The van der Waals surface area contributed by atoms with Gasteiger partial charge in [0.2, 0.25) is 0 Å². The quantitative estimate of drug-likeness (QED) is 0.753. The van der Waals surface area contributed by atoms with Crippen LogP contribution in [0.4, 0.5) is 0 Å². The first kappa shape index (κ1) is 11.7. The summed E-state index contributed by atoms with van der Waals surface area (Å²) >= 11 is 0. The number of rotatable bonds is 0. The average molecular weight is 242 g/mol. The summed E-state index contributed by atoms with van der Waals surface area (Å²) in [4.78, 5) is 0. The molecule has 16 heavy (non-hydrogen) atoms. The summed E-state index contributed by atoms with van der Waals surface area (Å²) in [5.41, 5.74) is 1.19. The summed E-state index contributed by atoms with van der Waals surface area (Å²) in [5.74, 6) is 0.980. The molecule has 3 nitrogen and oxygen atoms in total. The zero-order valence-electron chi connectivity index (χ0n) is 9.02. The van der Waals surface area contributed by atoms with E-state index in [0.717, 1.165) is 31.9 Å². The van der Waals surface area contributed by atoms with Gasteiger partial charge < -0.3 is 14.8 Å².